The SMILES string of the molecule is CCOc1cc(/C=C2\N=C(c3cccc(F)c3)OC2=O)cc(I)c1OCc1ccc(C)cc1. The fourth-order valence-electron chi connectivity index (χ4n) is 3.23. The first kappa shape index (κ1) is 23.0. The van der Waals surface area contributed by atoms with Crippen molar-refractivity contribution in [3.63, 3.8) is 0 Å². The Morgan fingerprint density at radius 2 is 1.88 bits per heavy atom. The van der Waals surface area contributed by atoms with Crippen molar-refractivity contribution in [2.75, 3.05) is 6.61 Å². The van der Waals surface area contributed by atoms with Crippen LogP contribution in [-0.2, 0) is 16.1 Å². The van der Waals surface area contributed by atoms with Crippen molar-refractivity contribution < 1.29 is 23.4 Å². The third-order valence-electron chi connectivity index (χ3n) is 4.83. The predicted molar refractivity (Wildman–Crippen MR) is 133 cm³/mol. The van der Waals surface area contributed by atoms with Crippen molar-refractivity contribution in [3.8, 4) is 11.5 Å². The number of ether oxygens (including phenoxy) is 3. The Balaban J connectivity index is 1.61. The van der Waals surface area contributed by atoms with Gasteiger partial charge >= 0.3 is 5.97 Å². The molecule has 0 atom stereocenters. The van der Waals surface area contributed by atoms with Crippen LogP contribution < -0.4 is 9.47 Å². The van der Waals surface area contributed by atoms with E-state index in [2.05, 4.69) is 27.6 Å². The molecule has 168 valence electrons. The molecule has 0 unspecified atom stereocenters. The molecule has 5 nitrogen and oxygen atoms in total. The Bertz CT molecular complexity index is 1250. The average Bonchev–Trinajstić information content (AvgIpc) is 3.15. The minimum atomic E-state index is -0.595. The van der Waals surface area contributed by atoms with E-state index >= 15 is 0 Å². The Hall–Kier alpha value is -3.20. The third kappa shape index (κ3) is 5.60. The molecule has 0 radical (unpaired) electrons. The first-order valence-electron chi connectivity index (χ1n) is 10.4. The Morgan fingerprint density at radius 1 is 1.09 bits per heavy atom. The second-order valence-electron chi connectivity index (χ2n) is 7.38. The van der Waals surface area contributed by atoms with Gasteiger partial charge in [0.05, 0.1) is 10.2 Å². The van der Waals surface area contributed by atoms with Crippen LogP contribution in [0, 0.1) is 16.3 Å². The second-order valence-corrected chi connectivity index (χ2v) is 8.55. The zero-order valence-electron chi connectivity index (χ0n) is 18.1. The molecule has 3 aromatic rings. The average molecular weight is 557 g/mol. The van der Waals surface area contributed by atoms with Crippen LogP contribution in [-0.4, -0.2) is 18.5 Å². The van der Waals surface area contributed by atoms with Gasteiger partial charge in [0.1, 0.15) is 12.4 Å². The fraction of sp³-hybridized carbons (Fsp3) is 0.154. The Morgan fingerprint density at radius 3 is 2.61 bits per heavy atom. The molecule has 0 saturated heterocycles. The molecular weight excluding hydrogens is 536 g/mol. The molecule has 3 aromatic carbocycles. The van der Waals surface area contributed by atoms with E-state index in [0.717, 1.165) is 9.13 Å². The van der Waals surface area contributed by atoms with Crippen molar-refractivity contribution in [2.24, 2.45) is 4.99 Å². The molecule has 0 N–H and O–H groups in total. The van der Waals surface area contributed by atoms with Gasteiger partial charge in [-0.25, -0.2) is 14.2 Å². The summed E-state index contributed by atoms with van der Waals surface area (Å²) in [7, 11) is 0. The number of halogens is 2. The van der Waals surface area contributed by atoms with Crippen molar-refractivity contribution in [1.29, 1.82) is 0 Å². The number of carbonyl (C=O) groups excluding carboxylic acids is 1. The van der Waals surface area contributed by atoms with E-state index < -0.39 is 11.8 Å². The van der Waals surface area contributed by atoms with Crippen molar-refractivity contribution >= 4 is 40.5 Å². The van der Waals surface area contributed by atoms with Crippen molar-refractivity contribution in [2.45, 2.75) is 20.5 Å². The zero-order chi connectivity index (χ0) is 23.4. The summed E-state index contributed by atoms with van der Waals surface area (Å²) in [6.07, 6.45) is 1.61. The molecule has 1 heterocycles. The highest BCUT2D eigenvalue weighted by atomic mass is 127. The summed E-state index contributed by atoms with van der Waals surface area (Å²) in [5, 5.41) is 0. The van der Waals surface area contributed by atoms with Gasteiger partial charge in [-0.2, -0.15) is 0 Å². The maximum atomic E-state index is 13.5. The molecule has 0 spiro atoms. The predicted octanol–water partition coefficient (Wildman–Crippen LogP) is 6.06. The highest BCUT2D eigenvalue weighted by molar-refractivity contribution is 14.1. The first-order chi connectivity index (χ1) is 15.9. The summed E-state index contributed by atoms with van der Waals surface area (Å²) in [4.78, 5) is 16.6. The molecule has 7 heteroatoms. The summed E-state index contributed by atoms with van der Waals surface area (Å²) in [5.41, 5.74) is 3.48. The van der Waals surface area contributed by atoms with Gasteiger partial charge < -0.3 is 14.2 Å². The summed E-state index contributed by atoms with van der Waals surface area (Å²) in [6.45, 7) is 4.80. The van der Waals surface area contributed by atoms with Gasteiger partial charge in [0.2, 0.25) is 5.90 Å². The van der Waals surface area contributed by atoms with Crippen LogP contribution in [0.5, 0.6) is 11.5 Å². The van der Waals surface area contributed by atoms with E-state index in [1.165, 1.54) is 23.8 Å². The molecule has 0 fully saturated rings. The standard InChI is InChI=1S/C26H21FINO4/c1-3-31-23-13-18(11-21(28)24(23)32-15-17-9-7-16(2)8-10-17)12-22-26(30)33-25(29-22)19-5-4-6-20(27)14-19/h4-14H,3,15H2,1-2H3/b22-12-. The van der Waals surface area contributed by atoms with Gasteiger partial charge in [0.25, 0.3) is 0 Å². The number of hydrogen-bond acceptors (Lipinski definition) is 5. The van der Waals surface area contributed by atoms with Crippen LogP contribution in [0.25, 0.3) is 6.08 Å². The fourth-order valence-corrected chi connectivity index (χ4v) is 4.01. The van der Waals surface area contributed by atoms with Gasteiger partial charge in [-0.3, -0.25) is 0 Å². The lowest BCUT2D eigenvalue weighted by atomic mass is 10.1. The van der Waals surface area contributed by atoms with Gasteiger partial charge in [-0.15, -0.1) is 0 Å². The number of hydrogen-bond donors (Lipinski definition) is 0. The lowest BCUT2D eigenvalue weighted by Gasteiger charge is -2.15. The van der Waals surface area contributed by atoms with Gasteiger partial charge in [-0.1, -0.05) is 35.9 Å². The highest BCUT2D eigenvalue weighted by Gasteiger charge is 2.25. The molecule has 0 bridgehead atoms. The van der Waals surface area contributed by atoms with E-state index in [4.69, 9.17) is 14.2 Å². The van der Waals surface area contributed by atoms with Crippen LogP contribution >= 0.6 is 22.6 Å². The monoisotopic (exact) mass is 557 g/mol. The second kappa shape index (κ2) is 10.2. The third-order valence-corrected chi connectivity index (χ3v) is 5.63. The molecule has 0 aliphatic carbocycles. The smallest absolute Gasteiger partial charge is 0.363 e. The van der Waals surface area contributed by atoms with Crippen LogP contribution in [0.1, 0.15) is 29.2 Å². The topological polar surface area (TPSA) is 57.1 Å². The van der Waals surface area contributed by atoms with Crippen molar-refractivity contribution in [3.05, 3.63) is 98.0 Å². The van der Waals surface area contributed by atoms with E-state index in [1.54, 1.807) is 18.2 Å². The molecule has 0 aromatic heterocycles. The lowest BCUT2D eigenvalue weighted by Crippen LogP contribution is -2.05. The van der Waals surface area contributed by atoms with Crippen molar-refractivity contribution in [1.82, 2.24) is 0 Å². The molecule has 0 amide bonds. The zero-order valence-corrected chi connectivity index (χ0v) is 20.3. The number of nitrogens with zero attached hydrogens (tertiary/aromatic N) is 1. The quantitative estimate of drug-likeness (QED) is 0.201. The maximum Gasteiger partial charge on any atom is 0.363 e. The number of rotatable bonds is 7. The molecule has 0 saturated carbocycles. The molecule has 33 heavy (non-hydrogen) atoms. The molecule has 1 aliphatic rings. The number of aliphatic imine (C=N–C) groups is 1. The number of cyclic esters (lactones) is 1. The molecule has 1 aliphatic heterocycles. The molecular formula is C26H21FINO4. The van der Waals surface area contributed by atoms with E-state index in [1.807, 2.05) is 44.2 Å². The van der Waals surface area contributed by atoms with Crippen LogP contribution in [0.2, 0.25) is 0 Å². The van der Waals surface area contributed by atoms with E-state index in [9.17, 15) is 9.18 Å². The molecule has 4 rings (SSSR count). The maximum absolute atomic E-state index is 13.5. The Kier molecular flexibility index (Phi) is 7.08. The van der Waals surface area contributed by atoms with E-state index in [-0.39, 0.29) is 11.6 Å². The van der Waals surface area contributed by atoms with Gasteiger partial charge in [-0.05, 0) is 84.0 Å². The minimum absolute atomic E-state index is 0.0727. The summed E-state index contributed by atoms with van der Waals surface area (Å²) >= 11 is 2.18. The summed E-state index contributed by atoms with van der Waals surface area (Å²) in [6, 6.07) is 17.6. The van der Waals surface area contributed by atoms with Gasteiger partial charge in [0, 0.05) is 5.56 Å². The van der Waals surface area contributed by atoms with Gasteiger partial charge in [0.15, 0.2) is 17.2 Å². The largest absolute Gasteiger partial charge is 0.490 e. The van der Waals surface area contributed by atoms with Crippen LogP contribution in [0.3, 0.4) is 0 Å². The number of carbonyl (C=O) groups is 1. The highest BCUT2D eigenvalue weighted by Crippen LogP contribution is 2.36. The summed E-state index contributed by atoms with van der Waals surface area (Å²) < 4.78 is 31.5. The minimum Gasteiger partial charge on any atom is -0.490 e. The van der Waals surface area contributed by atoms with Crippen LogP contribution in [0.15, 0.2) is 71.4 Å². The normalized spacial score (nSPS) is 14.2. The number of benzene rings is 3. The Labute approximate surface area is 205 Å². The van der Waals surface area contributed by atoms with E-state index in [0.29, 0.717) is 35.8 Å². The van der Waals surface area contributed by atoms with Crippen LogP contribution in [0.4, 0.5) is 4.39 Å². The number of esters is 1. The number of aryl methyl sites for hydroxylation is 1. The first-order valence-corrected chi connectivity index (χ1v) is 11.4. The summed E-state index contributed by atoms with van der Waals surface area (Å²) in [5.74, 6) is 0.258. The lowest BCUT2D eigenvalue weighted by molar-refractivity contribution is -0.129.